The molecule has 0 amide bonds. The van der Waals surface area contributed by atoms with Gasteiger partial charge in [-0.3, -0.25) is 0 Å². The Morgan fingerprint density at radius 1 is 0.318 bits per heavy atom. The molecule has 0 aromatic heterocycles. The standard InChI is InChI=1S/C22H14/c1-2-8-16-14-22-20-12-6-4-10-18(20)17-9-3-5-11-19(17)21(22)13-15(16)7-1/h1-14H/i1+1,2+1,7+1,8+1,15+1,16+1. The van der Waals surface area contributed by atoms with Crippen LogP contribution >= 0.6 is 0 Å². The maximum atomic E-state index is 2.33. The Morgan fingerprint density at radius 2 is 0.636 bits per heavy atom. The van der Waals surface area contributed by atoms with Crippen LogP contribution in [0.3, 0.4) is 0 Å². The van der Waals surface area contributed by atoms with Crippen molar-refractivity contribution in [3.8, 4) is 0 Å². The van der Waals surface area contributed by atoms with E-state index in [-0.39, 0.29) is 0 Å². The van der Waals surface area contributed by atoms with Gasteiger partial charge >= 0.3 is 0 Å². The van der Waals surface area contributed by atoms with Crippen LogP contribution in [0.4, 0.5) is 0 Å². The van der Waals surface area contributed by atoms with Crippen LogP contribution in [0.2, 0.25) is 0 Å². The van der Waals surface area contributed by atoms with Gasteiger partial charge < -0.3 is 0 Å². The van der Waals surface area contributed by atoms with Gasteiger partial charge in [0, 0.05) is 0 Å². The molecule has 102 valence electrons. The van der Waals surface area contributed by atoms with Crippen LogP contribution in [0.25, 0.3) is 43.1 Å². The number of hydrogen-bond acceptors (Lipinski definition) is 0. The Kier molecular flexibility index (Phi) is 2.31. The third-order valence-electron chi connectivity index (χ3n) is 4.61. The number of hydrogen-bond donors (Lipinski definition) is 0. The molecule has 0 aliphatic carbocycles. The highest BCUT2D eigenvalue weighted by atomic mass is 14.8. The summed E-state index contributed by atoms with van der Waals surface area (Å²) >= 11 is 0. The lowest BCUT2D eigenvalue weighted by Crippen LogP contribution is -1.83. The average Bonchev–Trinajstić information content (AvgIpc) is 2.61. The Balaban J connectivity index is 2.17. The molecule has 0 spiro atoms. The molecule has 0 N–H and O–H groups in total. The van der Waals surface area contributed by atoms with Gasteiger partial charge in [-0.05, 0) is 55.2 Å². The SMILES string of the molecule is c1ccc2c(c1)c1ccccc1c1c[13c]3[13cH][13cH][13cH][13cH][13c]3cc21. The number of benzene rings is 5. The summed E-state index contributed by atoms with van der Waals surface area (Å²) in [4.78, 5) is 0. The molecule has 0 heterocycles. The van der Waals surface area contributed by atoms with Crippen LogP contribution in [0.5, 0.6) is 0 Å². The second-order valence-electron chi connectivity index (χ2n) is 5.84. The Bertz CT molecular complexity index is 1070. The first-order chi connectivity index (χ1) is 10.9. The molecule has 5 rings (SSSR count). The van der Waals surface area contributed by atoms with Crippen molar-refractivity contribution >= 4 is 43.1 Å². The molecule has 0 aliphatic rings. The minimum absolute atomic E-state index is 1.30. The van der Waals surface area contributed by atoms with Crippen LogP contribution in [0, 0.1) is 0 Å². The molecular weight excluding hydrogens is 270 g/mol. The normalized spacial score (nSPS) is 11.6. The third kappa shape index (κ3) is 1.52. The second kappa shape index (κ2) is 4.32. The Hall–Kier alpha value is -2.86. The fourth-order valence-corrected chi connectivity index (χ4v) is 3.59. The van der Waals surface area contributed by atoms with Gasteiger partial charge in [0.2, 0.25) is 0 Å². The maximum absolute atomic E-state index is 2.33. The molecule has 0 saturated heterocycles. The van der Waals surface area contributed by atoms with Gasteiger partial charge in [-0.2, -0.15) is 0 Å². The molecule has 0 bridgehead atoms. The summed E-state index contributed by atoms with van der Waals surface area (Å²) in [5.41, 5.74) is 0. The van der Waals surface area contributed by atoms with Crippen molar-refractivity contribution in [1.82, 2.24) is 0 Å². The van der Waals surface area contributed by atoms with Crippen molar-refractivity contribution < 1.29 is 0 Å². The lowest BCUT2D eigenvalue weighted by molar-refractivity contribution is 1.78. The predicted octanol–water partition coefficient (Wildman–Crippen LogP) is 6.30. The maximum Gasteiger partial charge on any atom is -0.00926 e. The molecule has 0 nitrogen and oxygen atoms in total. The van der Waals surface area contributed by atoms with Gasteiger partial charge in [0.1, 0.15) is 0 Å². The molecule has 22 heavy (non-hydrogen) atoms. The number of rotatable bonds is 0. The van der Waals surface area contributed by atoms with Crippen LogP contribution in [-0.4, -0.2) is 0 Å². The minimum atomic E-state index is 1.30. The summed E-state index contributed by atoms with van der Waals surface area (Å²) in [6, 6.07) is 30.7. The fraction of sp³-hybridized carbons (Fsp3) is 0. The zero-order valence-corrected chi connectivity index (χ0v) is 12.1. The van der Waals surface area contributed by atoms with Gasteiger partial charge in [-0.15, -0.1) is 0 Å². The summed E-state index contributed by atoms with van der Waals surface area (Å²) in [5.74, 6) is 0. The highest BCUT2D eigenvalue weighted by Crippen LogP contribution is 2.36. The van der Waals surface area contributed by atoms with Crippen molar-refractivity contribution in [2.45, 2.75) is 0 Å². The van der Waals surface area contributed by atoms with E-state index in [0.717, 1.165) is 0 Å². The molecule has 5 aromatic rings. The molecule has 5 aromatic carbocycles. The average molecular weight is 284 g/mol. The minimum Gasteiger partial charge on any atom is -0.0616 e. The molecule has 0 atom stereocenters. The monoisotopic (exact) mass is 284 g/mol. The van der Waals surface area contributed by atoms with Crippen LogP contribution < -0.4 is 0 Å². The quantitative estimate of drug-likeness (QED) is 0.231. The van der Waals surface area contributed by atoms with Crippen molar-refractivity contribution in [2.24, 2.45) is 0 Å². The lowest BCUT2D eigenvalue weighted by atomic mass is 9.96. The topological polar surface area (TPSA) is 0 Å². The molecule has 0 heteroatoms. The lowest BCUT2D eigenvalue weighted by Gasteiger charge is -2.11. The zero-order chi connectivity index (χ0) is 14.5. The largest absolute Gasteiger partial charge is 0.0616 e. The second-order valence-corrected chi connectivity index (χ2v) is 5.84. The smallest absolute Gasteiger partial charge is 0.00926 e. The molecule has 0 fully saturated rings. The van der Waals surface area contributed by atoms with Crippen molar-refractivity contribution in [3.05, 3.63) is 84.9 Å². The van der Waals surface area contributed by atoms with Gasteiger partial charge in [0.15, 0.2) is 0 Å². The van der Waals surface area contributed by atoms with E-state index in [1.807, 2.05) is 0 Å². The number of fused-ring (bicyclic) bond motifs is 7. The van der Waals surface area contributed by atoms with Gasteiger partial charge in [-0.1, -0.05) is 72.8 Å². The van der Waals surface area contributed by atoms with Crippen molar-refractivity contribution in [3.63, 3.8) is 0 Å². The summed E-state index contributed by atoms with van der Waals surface area (Å²) in [7, 11) is 0. The fourth-order valence-electron chi connectivity index (χ4n) is 3.59. The van der Waals surface area contributed by atoms with E-state index >= 15 is 0 Å². The zero-order valence-electron chi connectivity index (χ0n) is 12.1. The van der Waals surface area contributed by atoms with Gasteiger partial charge in [-0.25, -0.2) is 0 Å². The van der Waals surface area contributed by atoms with E-state index in [1.54, 1.807) is 0 Å². The molecular formula is C22H14. The summed E-state index contributed by atoms with van der Waals surface area (Å²) in [6.45, 7) is 0. The molecule has 0 unspecified atom stereocenters. The predicted molar refractivity (Wildman–Crippen MR) is 96.5 cm³/mol. The molecule has 0 saturated carbocycles. The van der Waals surface area contributed by atoms with Crippen LogP contribution in [0.1, 0.15) is 0 Å². The highest BCUT2D eigenvalue weighted by molar-refractivity contribution is 6.27. The first kappa shape index (κ1) is 11.8. The van der Waals surface area contributed by atoms with Gasteiger partial charge in [0.05, 0.1) is 0 Å². The summed E-state index contributed by atoms with van der Waals surface area (Å²) in [6.07, 6.45) is 0. The highest BCUT2D eigenvalue weighted by Gasteiger charge is 2.08. The van der Waals surface area contributed by atoms with E-state index in [9.17, 15) is 0 Å². The van der Waals surface area contributed by atoms with E-state index in [4.69, 9.17) is 0 Å². The Morgan fingerprint density at radius 3 is 1.05 bits per heavy atom. The van der Waals surface area contributed by atoms with E-state index in [0.29, 0.717) is 0 Å². The molecule has 0 radical (unpaired) electrons. The van der Waals surface area contributed by atoms with Crippen LogP contribution in [-0.2, 0) is 0 Å². The van der Waals surface area contributed by atoms with E-state index < -0.39 is 0 Å². The third-order valence-corrected chi connectivity index (χ3v) is 4.61. The Labute approximate surface area is 128 Å². The van der Waals surface area contributed by atoms with Crippen molar-refractivity contribution in [1.29, 1.82) is 0 Å². The summed E-state index contributed by atoms with van der Waals surface area (Å²) < 4.78 is 0. The first-order valence-electron chi connectivity index (χ1n) is 7.64. The van der Waals surface area contributed by atoms with Crippen LogP contribution in [0.15, 0.2) is 84.9 Å². The van der Waals surface area contributed by atoms with E-state index in [2.05, 4.69) is 84.9 Å². The molecule has 0 aliphatic heterocycles. The first-order valence-corrected chi connectivity index (χ1v) is 7.64. The van der Waals surface area contributed by atoms with Gasteiger partial charge in [0.25, 0.3) is 0 Å². The summed E-state index contributed by atoms with van der Waals surface area (Å²) in [5, 5.41) is 10.6. The van der Waals surface area contributed by atoms with E-state index in [1.165, 1.54) is 43.1 Å². The van der Waals surface area contributed by atoms with Crippen molar-refractivity contribution in [2.75, 3.05) is 0 Å².